The topological polar surface area (TPSA) is 101 Å². The number of carbonyl (C=O) groups excluding carboxylic acids is 2. The number of aliphatic hydroxyl groups excluding tert-OH is 1. The largest absolute Gasteiger partial charge is 0.508 e. The summed E-state index contributed by atoms with van der Waals surface area (Å²) in [6.45, 7) is 14.5. The second-order valence-corrected chi connectivity index (χ2v) is 8.36. The van der Waals surface area contributed by atoms with Gasteiger partial charge < -0.3 is 28.8 Å². The van der Waals surface area contributed by atoms with E-state index >= 15 is 0 Å². The minimum atomic E-state index is -0.770. The van der Waals surface area contributed by atoms with Gasteiger partial charge in [-0.15, -0.1) is 0 Å². The van der Waals surface area contributed by atoms with E-state index in [1.54, 1.807) is 27.9 Å². The Labute approximate surface area is 181 Å². The van der Waals surface area contributed by atoms with Crippen molar-refractivity contribution in [3.63, 3.8) is 0 Å². The third-order valence-corrected chi connectivity index (χ3v) is 5.76. The first-order valence-electron chi connectivity index (χ1n) is 10.8. The van der Waals surface area contributed by atoms with E-state index in [4.69, 9.17) is 23.7 Å². The number of carbonyl (C=O) groups is 2. The molecule has 0 fully saturated rings. The molecule has 0 aliphatic rings. The third-order valence-electron chi connectivity index (χ3n) is 5.76. The summed E-state index contributed by atoms with van der Waals surface area (Å²) >= 11 is 0. The summed E-state index contributed by atoms with van der Waals surface area (Å²) in [4.78, 5) is 23.7. The van der Waals surface area contributed by atoms with Crippen molar-refractivity contribution in [2.24, 2.45) is 11.8 Å². The molecule has 0 aliphatic carbocycles. The van der Waals surface area contributed by atoms with Crippen molar-refractivity contribution in [3.05, 3.63) is 0 Å². The van der Waals surface area contributed by atoms with Gasteiger partial charge in [0.15, 0.2) is 0 Å². The van der Waals surface area contributed by atoms with Gasteiger partial charge in [0.05, 0.1) is 12.2 Å². The molecule has 0 bridgehead atoms. The smallest absolute Gasteiger partial charge is 0.431 e. The lowest BCUT2D eigenvalue weighted by atomic mass is 9.93. The monoisotopic (exact) mass is 434 g/mol. The first-order valence-corrected chi connectivity index (χ1v) is 10.8. The van der Waals surface area contributed by atoms with Crippen molar-refractivity contribution in [1.29, 1.82) is 0 Å². The molecule has 8 heteroatoms. The van der Waals surface area contributed by atoms with Crippen LogP contribution in [0.25, 0.3) is 0 Å². The van der Waals surface area contributed by atoms with Gasteiger partial charge in [-0.3, -0.25) is 0 Å². The molecular weight excluding hydrogens is 392 g/mol. The lowest BCUT2D eigenvalue weighted by Crippen LogP contribution is -2.31. The van der Waals surface area contributed by atoms with Gasteiger partial charge in [0.25, 0.3) is 0 Å². The van der Waals surface area contributed by atoms with E-state index in [1.165, 1.54) is 0 Å². The molecule has 0 aromatic rings. The number of hydrogen-bond acceptors (Lipinski definition) is 8. The molecule has 0 heterocycles. The summed E-state index contributed by atoms with van der Waals surface area (Å²) in [5.41, 5.74) is 0. The molecule has 0 spiro atoms. The molecule has 178 valence electrons. The summed E-state index contributed by atoms with van der Waals surface area (Å²) in [6.07, 6.45) is -1.39. The maximum absolute atomic E-state index is 11.9. The second kappa shape index (κ2) is 14.5. The van der Waals surface area contributed by atoms with Crippen molar-refractivity contribution < 1.29 is 38.4 Å². The molecule has 8 unspecified atom stereocenters. The lowest BCUT2D eigenvalue weighted by Gasteiger charge is -2.24. The van der Waals surface area contributed by atoms with Crippen LogP contribution >= 0.6 is 0 Å². The second-order valence-electron chi connectivity index (χ2n) is 8.36. The van der Waals surface area contributed by atoms with Gasteiger partial charge in [-0.05, 0) is 66.2 Å². The van der Waals surface area contributed by atoms with E-state index in [1.807, 2.05) is 34.6 Å². The van der Waals surface area contributed by atoms with E-state index in [2.05, 4.69) is 0 Å². The highest BCUT2D eigenvalue weighted by molar-refractivity contribution is 5.60. The molecule has 30 heavy (non-hydrogen) atoms. The number of rotatable bonds is 13. The number of aliphatic hydroxyl groups is 1. The van der Waals surface area contributed by atoms with Crippen molar-refractivity contribution in [1.82, 2.24) is 0 Å². The van der Waals surface area contributed by atoms with Crippen LogP contribution in [-0.4, -0.2) is 61.2 Å². The summed E-state index contributed by atoms with van der Waals surface area (Å²) in [5, 5.41) is 9.38. The standard InChI is InChI=1S/C22H42O8/c1-13(16(4)27-21(24)29-18(6)15(3)23)11-10-12-14(2)17(5)28-22(25)30-20(8)19(7)26-9/h13-20,23H,10-12H2,1-9H3. The lowest BCUT2D eigenvalue weighted by molar-refractivity contribution is -0.0494. The Morgan fingerprint density at radius 3 is 1.37 bits per heavy atom. The van der Waals surface area contributed by atoms with Gasteiger partial charge in [0.1, 0.15) is 24.4 Å². The van der Waals surface area contributed by atoms with E-state index in [9.17, 15) is 14.7 Å². The molecule has 0 saturated heterocycles. The van der Waals surface area contributed by atoms with Crippen LogP contribution in [0.3, 0.4) is 0 Å². The third kappa shape index (κ3) is 11.6. The summed E-state index contributed by atoms with van der Waals surface area (Å²) in [6, 6.07) is 0. The Bertz CT molecular complexity index is 496. The fourth-order valence-corrected chi connectivity index (χ4v) is 2.51. The number of ether oxygens (including phenoxy) is 5. The van der Waals surface area contributed by atoms with E-state index in [0.717, 1.165) is 19.3 Å². The van der Waals surface area contributed by atoms with E-state index in [-0.39, 0.29) is 36.3 Å². The van der Waals surface area contributed by atoms with E-state index in [0.29, 0.717) is 0 Å². The van der Waals surface area contributed by atoms with E-state index < -0.39 is 24.5 Å². The molecule has 0 amide bonds. The highest BCUT2D eigenvalue weighted by Gasteiger charge is 2.24. The summed E-state index contributed by atoms with van der Waals surface area (Å²) in [7, 11) is 1.56. The molecule has 8 nitrogen and oxygen atoms in total. The molecule has 0 rings (SSSR count). The molecule has 0 saturated carbocycles. The number of methoxy groups -OCH3 is 1. The maximum Gasteiger partial charge on any atom is 0.508 e. The van der Waals surface area contributed by atoms with Gasteiger partial charge in [-0.25, -0.2) is 9.59 Å². The highest BCUT2D eigenvalue weighted by atomic mass is 16.7. The molecule has 0 radical (unpaired) electrons. The zero-order valence-electron chi connectivity index (χ0n) is 20.0. The quantitative estimate of drug-likeness (QED) is 0.416. The van der Waals surface area contributed by atoms with Crippen molar-refractivity contribution in [2.75, 3.05) is 7.11 Å². The normalized spacial score (nSPS) is 19.4. The zero-order valence-corrected chi connectivity index (χ0v) is 20.0. The number of hydrogen-bond donors (Lipinski definition) is 1. The summed E-state index contributed by atoms with van der Waals surface area (Å²) < 4.78 is 26.0. The average Bonchev–Trinajstić information content (AvgIpc) is 2.66. The van der Waals surface area contributed by atoms with Crippen LogP contribution in [0.15, 0.2) is 0 Å². The zero-order chi connectivity index (χ0) is 23.4. The van der Waals surface area contributed by atoms with Crippen molar-refractivity contribution >= 4 is 12.3 Å². The Morgan fingerprint density at radius 2 is 1.00 bits per heavy atom. The molecule has 0 aliphatic heterocycles. The minimum Gasteiger partial charge on any atom is -0.431 e. The molecule has 1 N–H and O–H groups in total. The van der Waals surface area contributed by atoms with Gasteiger partial charge >= 0.3 is 12.3 Å². The van der Waals surface area contributed by atoms with Gasteiger partial charge in [-0.1, -0.05) is 20.3 Å². The predicted molar refractivity (Wildman–Crippen MR) is 113 cm³/mol. The van der Waals surface area contributed by atoms with Crippen LogP contribution in [0.4, 0.5) is 9.59 Å². The maximum atomic E-state index is 11.9. The van der Waals surface area contributed by atoms with Crippen LogP contribution in [0.2, 0.25) is 0 Å². The minimum absolute atomic E-state index is 0.143. The van der Waals surface area contributed by atoms with Crippen LogP contribution < -0.4 is 0 Å². The SMILES string of the molecule is COC(C)C(C)OC(=O)OC(C)C(C)CCCC(C)C(C)OC(=O)OC(C)C(C)O. The first-order chi connectivity index (χ1) is 13.9. The average molecular weight is 435 g/mol. The Hall–Kier alpha value is -1.54. The van der Waals surface area contributed by atoms with Crippen LogP contribution in [0.1, 0.15) is 74.7 Å². The summed E-state index contributed by atoms with van der Waals surface area (Å²) in [5.74, 6) is 0.303. The fourth-order valence-electron chi connectivity index (χ4n) is 2.51. The molecule has 8 atom stereocenters. The molecule has 0 aromatic carbocycles. The van der Waals surface area contributed by atoms with Gasteiger partial charge in [0, 0.05) is 7.11 Å². The van der Waals surface area contributed by atoms with Crippen LogP contribution in [0, 0.1) is 11.8 Å². The molecule has 0 aromatic heterocycles. The van der Waals surface area contributed by atoms with Crippen molar-refractivity contribution in [3.8, 4) is 0 Å². The van der Waals surface area contributed by atoms with Crippen LogP contribution in [0.5, 0.6) is 0 Å². The Balaban J connectivity index is 4.21. The predicted octanol–water partition coefficient (Wildman–Crippen LogP) is 4.71. The van der Waals surface area contributed by atoms with Gasteiger partial charge in [0.2, 0.25) is 0 Å². The van der Waals surface area contributed by atoms with Crippen LogP contribution in [-0.2, 0) is 23.7 Å². The van der Waals surface area contributed by atoms with Crippen molar-refractivity contribution in [2.45, 2.75) is 111 Å². The Morgan fingerprint density at radius 1 is 0.633 bits per heavy atom. The van der Waals surface area contributed by atoms with Gasteiger partial charge in [-0.2, -0.15) is 0 Å². The Kier molecular flexibility index (Phi) is 13.7. The fraction of sp³-hybridized carbons (Fsp3) is 0.909. The first kappa shape index (κ1) is 28.5. The highest BCUT2D eigenvalue weighted by Crippen LogP contribution is 2.21. The molecular formula is C22H42O8.